The van der Waals surface area contributed by atoms with Crippen LogP contribution in [0.4, 0.5) is 11.5 Å². The molecule has 2 aromatic rings. The van der Waals surface area contributed by atoms with Crippen molar-refractivity contribution in [2.45, 2.75) is 43.7 Å². The number of nitrogen functional groups attached to an aromatic ring is 1. The molecule has 10 heteroatoms. The van der Waals surface area contributed by atoms with Gasteiger partial charge in [0.25, 0.3) is 5.91 Å². The molecule has 0 aliphatic carbocycles. The fraction of sp³-hybridized carbons (Fsp3) is 0.619. The van der Waals surface area contributed by atoms with Crippen LogP contribution in [0.1, 0.15) is 48.2 Å². The first-order chi connectivity index (χ1) is 15.1. The molecule has 0 bridgehead atoms. The first-order valence-electron chi connectivity index (χ1n) is 11.2. The van der Waals surface area contributed by atoms with Crippen molar-refractivity contribution in [1.82, 2.24) is 19.8 Å². The van der Waals surface area contributed by atoms with Gasteiger partial charge in [0.2, 0.25) is 5.91 Å². The number of likely N-dealkylation sites (tertiary alicyclic amines) is 2. The summed E-state index contributed by atoms with van der Waals surface area (Å²) in [6.45, 7) is 5.12. The third kappa shape index (κ3) is 4.07. The van der Waals surface area contributed by atoms with Crippen LogP contribution in [-0.4, -0.2) is 76.6 Å². The number of amides is 2. The third-order valence-corrected chi connectivity index (χ3v) is 8.25. The Bertz CT molecular complexity index is 991. The molecule has 2 amide bonds. The van der Waals surface area contributed by atoms with Crippen LogP contribution in [0.15, 0.2) is 5.16 Å². The molecule has 2 N–H and O–H groups in total. The number of hydrogen-bond donors (Lipinski definition) is 1. The predicted molar refractivity (Wildman–Crippen MR) is 125 cm³/mol. The summed E-state index contributed by atoms with van der Waals surface area (Å²) in [4.78, 5) is 42.4. The zero-order valence-electron chi connectivity index (χ0n) is 17.6. The van der Waals surface area contributed by atoms with Crippen LogP contribution < -0.4 is 10.6 Å². The van der Waals surface area contributed by atoms with E-state index in [-0.39, 0.29) is 11.8 Å². The van der Waals surface area contributed by atoms with Gasteiger partial charge in [0.15, 0.2) is 5.16 Å². The van der Waals surface area contributed by atoms with Crippen molar-refractivity contribution < 1.29 is 9.59 Å². The molecular formula is C21H28N6O2S2. The van der Waals surface area contributed by atoms with Gasteiger partial charge in [0, 0.05) is 39.3 Å². The summed E-state index contributed by atoms with van der Waals surface area (Å²) in [6, 6.07) is 0. The van der Waals surface area contributed by atoms with E-state index in [9.17, 15) is 9.59 Å². The highest BCUT2D eigenvalue weighted by molar-refractivity contribution is 7.99. The maximum Gasteiger partial charge on any atom is 0.266 e. The summed E-state index contributed by atoms with van der Waals surface area (Å²) in [5.74, 6) is 1.30. The summed E-state index contributed by atoms with van der Waals surface area (Å²) in [6.07, 6.45) is 6.49. The number of thiophene rings is 1. The lowest BCUT2D eigenvalue weighted by Crippen LogP contribution is -2.29. The lowest BCUT2D eigenvalue weighted by Gasteiger charge is -2.19. The van der Waals surface area contributed by atoms with Crippen molar-refractivity contribution in [2.75, 3.05) is 55.7 Å². The average molecular weight is 461 g/mol. The molecule has 3 fully saturated rings. The molecule has 3 saturated heterocycles. The van der Waals surface area contributed by atoms with Crippen LogP contribution in [0.2, 0.25) is 0 Å². The van der Waals surface area contributed by atoms with Crippen molar-refractivity contribution in [2.24, 2.45) is 0 Å². The Hall–Kier alpha value is -2.07. The van der Waals surface area contributed by atoms with Gasteiger partial charge in [-0.3, -0.25) is 9.59 Å². The van der Waals surface area contributed by atoms with Crippen LogP contribution in [0.25, 0.3) is 10.2 Å². The highest BCUT2D eigenvalue weighted by Crippen LogP contribution is 2.40. The number of aromatic nitrogens is 2. The number of carbonyl (C=O) groups is 2. The zero-order chi connectivity index (χ0) is 21.4. The Morgan fingerprint density at radius 2 is 1.52 bits per heavy atom. The molecule has 0 unspecified atom stereocenters. The molecule has 31 heavy (non-hydrogen) atoms. The molecule has 166 valence electrons. The second-order valence-electron chi connectivity index (χ2n) is 8.42. The highest BCUT2D eigenvalue weighted by Gasteiger charge is 2.29. The molecule has 0 saturated carbocycles. The molecule has 0 spiro atoms. The van der Waals surface area contributed by atoms with Gasteiger partial charge >= 0.3 is 0 Å². The summed E-state index contributed by atoms with van der Waals surface area (Å²) < 4.78 is 0. The van der Waals surface area contributed by atoms with Gasteiger partial charge < -0.3 is 20.4 Å². The smallest absolute Gasteiger partial charge is 0.266 e. The molecule has 5 rings (SSSR count). The van der Waals surface area contributed by atoms with E-state index in [1.807, 2.05) is 9.80 Å². The lowest BCUT2D eigenvalue weighted by molar-refractivity contribution is -0.127. The van der Waals surface area contributed by atoms with Crippen LogP contribution >= 0.6 is 23.1 Å². The van der Waals surface area contributed by atoms with Gasteiger partial charge in [-0.05, 0) is 38.5 Å². The normalized spacial score (nSPS) is 19.2. The van der Waals surface area contributed by atoms with E-state index in [0.717, 1.165) is 93.8 Å². The van der Waals surface area contributed by atoms with Gasteiger partial charge in [-0.2, -0.15) is 0 Å². The fourth-order valence-corrected chi connectivity index (χ4v) is 6.47. The van der Waals surface area contributed by atoms with Crippen LogP contribution in [0.3, 0.4) is 0 Å². The van der Waals surface area contributed by atoms with Crippen molar-refractivity contribution >= 4 is 56.6 Å². The summed E-state index contributed by atoms with van der Waals surface area (Å²) in [5, 5.41) is 1.38. The second-order valence-corrected chi connectivity index (χ2v) is 10.4. The molecular weight excluding hydrogens is 432 g/mol. The minimum Gasteiger partial charge on any atom is -0.397 e. The zero-order valence-corrected chi connectivity index (χ0v) is 19.3. The van der Waals surface area contributed by atoms with Gasteiger partial charge in [-0.15, -0.1) is 11.3 Å². The molecule has 0 aromatic carbocycles. The van der Waals surface area contributed by atoms with Crippen LogP contribution in [0.5, 0.6) is 0 Å². The van der Waals surface area contributed by atoms with E-state index in [1.165, 1.54) is 23.1 Å². The maximum atomic E-state index is 13.1. The minimum atomic E-state index is 0.00351. The Morgan fingerprint density at radius 3 is 2.19 bits per heavy atom. The summed E-state index contributed by atoms with van der Waals surface area (Å²) in [5.41, 5.74) is 7.02. The Kier molecular flexibility index (Phi) is 5.92. The Balaban J connectivity index is 1.47. The predicted octanol–water partition coefficient (Wildman–Crippen LogP) is 2.82. The molecule has 5 heterocycles. The van der Waals surface area contributed by atoms with Crippen LogP contribution in [0, 0.1) is 0 Å². The van der Waals surface area contributed by atoms with Gasteiger partial charge in [-0.1, -0.05) is 11.8 Å². The first-order valence-corrected chi connectivity index (χ1v) is 13.0. The van der Waals surface area contributed by atoms with Crippen LogP contribution in [-0.2, 0) is 4.79 Å². The van der Waals surface area contributed by atoms with E-state index in [0.29, 0.717) is 21.5 Å². The molecule has 0 radical (unpaired) electrons. The number of carbonyl (C=O) groups excluding carboxylic acids is 2. The van der Waals surface area contributed by atoms with E-state index < -0.39 is 0 Å². The maximum absolute atomic E-state index is 13.1. The van der Waals surface area contributed by atoms with E-state index in [4.69, 9.17) is 15.7 Å². The minimum absolute atomic E-state index is 0.00351. The quantitative estimate of drug-likeness (QED) is 0.541. The SMILES string of the molecule is Nc1c(C(=O)N2CCCC2)sc2nc(SCC(=O)N3CCCC3)nc(N3CCCC3)c12. The van der Waals surface area contributed by atoms with E-state index in [1.54, 1.807) is 0 Å². The first kappa shape index (κ1) is 20.8. The second kappa shape index (κ2) is 8.82. The molecule has 2 aromatic heterocycles. The number of fused-ring (bicyclic) bond motifs is 1. The number of nitrogens with two attached hydrogens (primary N) is 1. The topological polar surface area (TPSA) is 95.7 Å². The van der Waals surface area contributed by atoms with Gasteiger partial charge in [-0.25, -0.2) is 9.97 Å². The molecule has 3 aliphatic heterocycles. The summed E-state index contributed by atoms with van der Waals surface area (Å²) in [7, 11) is 0. The fourth-order valence-electron chi connectivity index (χ4n) is 4.61. The van der Waals surface area contributed by atoms with Crippen molar-refractivity contribution in [1.29, 1.82) is 0 Å². The largest absolute Gasteiger partial charge is 0.397 e. The van der Waals surface area contributed by atoms with Gasteiger partial charge in [0.05, 0.1) is 16.8 Å². The van der Waals surface area contributed by atoms with Gasteiger partial charge in [0.1, 0.15) is 15.5 Å². The van der Waals surface area contributed by atoms with Crippen molar-refractivity contribution in [3.05, 3.63) is 4.88 Å². The lowest BCUT2D eigenvalue weighted by atomic mass is 10.2. The van der Waals surface area contributed by atoms with Crippen molar-refractivity contribution in [3.63, 3.8) is 0 Å². The Morgan fingerprint density at radius 1 is 0.903 bits per heavy atom. The standard InChI is InChI=1S/C21H28N6O2S2/c22-16-15-18(26-9-3-4-10-26)23-21(30-13-14(28)25-7-1-2-8-25)24-19(15)31-17(16)20(29)27-11-5-6-12-27/h1-13,22H2. The van der Waals surface area contributed by atoms with E-state index >= 15 is 0 Å². The molecule has 3 aliphatic rings. The number of rotatable bonds is 5. The molecule has 8 nitrogen and oxygen atoms in total. The number of thioether (sulfide) groups is 1. The van der Waals surface area contributed by atoms with E-state index in [2.05, 4.69) is 4.90 Å². The Labute approximate surface area is 190 Å². The number of anilines is 2. The number of nitrogens with zero attached hydrogens (tertiary/aromatic N) is 5. The number of hydrogen-bond acceptors (Lipinski definition) is 8. The summed E-state index contributed by atoms with van der Waals surface area (Å²) >= 11 is 2.75. The highest BCUT2D eigenvalue weighted by atomic mass is 32.2. The average Bonchev–Trinajstić information content (AvgIpc) is 3.58. The monoisotopic (exact) mass is 460 g/mol. The van der Waals surface area contributed by atoms with Crippen molar-refractivity contribution in [3.8, 4) is 0 Å². The third-order valence-electron chi connectivity index (χ3n) is 6.33. The molecule has 0 atom stereocenters.